The number of rotatable bonds is 15. The predicted molar refractivity (Wildman–Crippen MR) is 153 cm³/mol. The molecule has 3 rings (SSSR count). The van der Waals surface area contributed by atoms with Crippen LogP contribution in [0.3, 0.4) is 0 Å². The molecule has 1 aliphatic carbocycles. The number of carbonyl (C=O) groups is 1. The molecule has 3 aliphatic rings. The van der Waals surface area contributed by atoms with Gasteiger partial charge in [0.05, 0.1) is 37.9 Å². The molecule has 12 atom stereocenters. The third kappa shape index (κ3) is 8.67. The summed E-state index contributed by atoms with van der Waals surface area (Å²) in [4.78, 5) is 12.8. The molecule has 0 amide bonds. The van der Waals surface area contributed by atoms with Gasteiger partial charge in [0.25, 0.3) is 5.92 Å². The number of ether oxygens (including phenoxy) is 4. The Morgan fingerprint density at radius 2 is 1.89 bits per heavy atom. The SMILES string of the molecule is CN[C@@H]1[C@@H](O)[C@@H](O[C@H]2[C@H](CC(=O)C(O)C(F)(F)CN)C[C@H](N)C(O[C@H]3OC(CN)=CC[C@H]3NCCCN)[C@@H]2O)OC[C@]1(C)O. The molecule has 14 N–H and O–H groups in total. The van der Waals surface area contributed by atoms with Crippen molar-refractivity contribution in [3.05, 3.63) is 11.8 Å². The molecule has 2 heterocycles. The molecule has 2 fully saturated rings. The van der Waals surface area contributed by atoms with Crippen LogP contribution in [0.5, 0.6) is 0 Å². The molecule has 44 heavy (non-hydrogen) atoms. The quantitative estimate of drug-likeness (QED) is 0.0773. The highest BCUT2D eigenvalue weighted by molar-refractivity contribution is 5.84. The lowest BCUT2D eigenvalue weighted by molar-refractivity contribution is -0.308. The predicted octanol–water partition coefficient (Wildman–Crippen LogP) is -3.67. The number of hydrogen-bond donors (Lipinski definition) is 10. The van der Waals surface area contributed by atoms with E-state index < -0.39 is 91.4 Å². The molecular weight excluding hydrogens is 590 g/mol. The fourth-order valence-electron chi connectivity index (χ4n) is 5.97. The Bertz CT molecular complexity index is 967. The molecule has 2 aliphatic heterocycles. The number of ketones is 1. The zero-order valence-electron chi connectivity index (χ0n) is 25.2. The van der Waals surface area contributed by atoms with Gasteiger partial charge in [0, 0.05) is 12.5 Å². The van der Waals surface area contributed by atoms with E-state index in [0.717, 1.165) is 0 Å². The summed E-state index contributed by atoms with van der Waals surface area (Å²) >= 11 is 0. The van der Waals surface area contributed by atoms with Crippen LogP contribution in [0.15, 0.2) is 11.8 Å². The van der Waals surface area contributed by atoms with E-state index in [4.69, 9.17) is 41.9 Å². The summed E-state index contributed by atoms with van der Waals surface area (Å²) in [5, 5.41) is 49.4. The number of aliphatic hydroxyl groups is 4. The second-order valence-corrected chi connectivity index (χ2v) is 12.0. The molecule has 256 valence electrons. The maximum Gasteiger partial charge on any atom is 0.292 e. The monoisotopic (exact) mass is 640 g/mol. The van der Waals surface area contributed by atoms with Crippen LogP contribution in [0.25, 0.3) is 0 Å². The standard InChI is InChI=1S/C27H50F2N6O9/c1-26(40)12-41-25(19(38)22(26)34-2)43-20-13(9-17(36)23(39)27(28,29)11-32)8-15(33)21(18(20)37)44-24-16(35-7-3-6-30)5-4-14(10-31)42-24/h4,13,15-16,18-25,34-35,37-40H,3,5-12,30-33H2,1-2H3/t13-,15-,16+,18+,19+,20-,21?,22+,23?,24+,25+,26-/m0/s1. The minimum atomic E-state index is -3.87. The molecule has 15 nitrogen and oxygen atoms in total. The van der Waals surface area contributed by atoms with E-state index in [-0.39, 0.29) is 25.6 Å². The summed E-state index contributed by atoms with van der Waals surface area (Å²) in [7, 11) is 1.52. The van der Waals surface area contributed by atoms with Gasteiger partial charge in [-0.05, 0) is 58.3 Å². The van der Waals surface area contributed by atoms with Crippen molar-refractivity contribution in [3.63, 3.8) is 0 Å². The van der Waals surface area contributed by atoms with Crippen molar-refractivity contribution in [1.29, 1.82) is 0 Å². The van der Waals surface area contributed by atoms with Crippen molar-refractivity contribution in [2.24, 2.45) is 28.9 Å². The van der Waals surface area contributed by atoms with Crippen molar-refractivity contribution in [1.82, 2.24) is 10.6 Å². The fraction of sp³-hybridized carbons (Fsp3) is 0.889. The maximum atomic E-state index is 14.1. The number of Topliss-reactive ketones (excluding diaryl/α,β-unsaturated/α-hetero) is 1. The number of alkyl halides is 2. The Labute approximate surface area is 255 Å². The van der Waals surface area contributed by atoms with E-state index in [9.17, 15) is 34.0 Å². The van der Waals surface area contributed by atoms with Gasteiger partial charge in [-0.2, -0.15) is 0 Å². The smallest absolute Gasteiger partial charge is 0.292 e. The zero-order valence-corrected chi connectivity index (χ0v) is 25.2. The Kier molecular flexibility index (Phi) is 13.4. The van der Waals surface area contributed by atoms with E-state index >= 15 is 0 Å². The van der Waals surface area contributed by atoms with Crippen molar-refractivity contribution in [2.75, 3.05) is 39.8 Å². The highest BCUT2D eigenvalue weighted by Gasteiger charge is 2.52. The Balaban J connectivity index is 1.87. The van der Waals surface area contributed by atoms with Crippen LogP contribution in [0, 0.1) is 5.92 Å². The third-order valence-corrected chi connectivity index (χ3v) is 8.48. The third-order valence-electron chi connectivity index (χ3n) is 8.48. The summed E-state index contributed by atoms with van der Waals surface area (Å²) in [6, 6.07) is -2.19. The molecule has 0 aromatic rings. The van der Waals surface area contributed by atoms with Crippen LogP contribution in [0.2, 0.25) is 0 Å². The van der Waals surface area contributed by atoms with Gasteiger partial charge in [0.15, 0.2) is 18.2 Å². The summed E-state index contributed by atoms with van der Waals surface area (Å²) in [5.41, 5.74) is 21.4. The largest absolute Gasteiger partial charge is 0.467 e. The van der Waals surface area contributed by atoms with Gasteiger partial charge < -0.3 is 72.9 Å². The Morgan fingerprint density at radius 3 is 2.50 bits per heavy atom. The van der Waals surface area contributed by atoms with Gasteiger partial charge in [0.1, 0.15) is 29.7 Å². The first-order valence-electron chi connectivity index (χ1n) is 14.9. The molecule has 2 unspecified atom stereocenters. The second kappa shape index (κ2) is 15.9. The fourth-order valence-corrected chi connectivity index (χ4v) is 5.97. The first-order chi connectivity index (χ1) is 20.7. The first kappa shape index (κ1) is 37.0. The lowest BCUT2D eigenvalue weighted by atomic mass is 9.76. The van der Waals surface area contributed by atoms with Gasteiger partial charge in [-0.15, -0.1) is 0 Å². The van der Waals surface area contributed by atoms with Crippen LogP contribution in [0.4, 0.5) is 8.78 Å². The molecule has 0 aromatic carbocycles. The van der Waals surface area contributed by atoms with Gasteiger partial charge in [-0.25, -0.2) is 8.78 Å². The second-order valence-electron chi connectivity index (χ2n) is 12.0. The van der Waals surface area contributed by atoms with E-state index in [1.807, 2.05) is 6.08 Å². The van der Waals surface area contributed by atoms with Crippen molar-refractivity contribution < 1.29 is 52.9 Å². The van der Waals surface area contributed by atoms with Crippen molar-refractivity contribution in [2.45, 2.75) is 105 Å². The molecule has 1 saturated carbocycles. The lowest BCUT2D eigenvalue weighted by Gasteiger charge is -2.49. The van der Waals surface area contributed by atoms with E-state index in [0.29, 0.717) is 31.7 Å². The van der Waals surface area contributed by atoms with E-state index in [1.54, 1.807) is 0 Å². The van der Waals surface area contributed by atoms with E-state index in [2.05, 4.69) is 10.6 Å². The molecule has 1 saturated heterocycles. The van der Waals surface area contributed by atoms with Gasteiger partial charge in [0.2, 0.25) is 6.29 Å². The van der Waals surface area contributed by atoms with Gasteiger partial charge in [-0.1, -0.05) is 0 Å². The number of nitrogens with two attached hydrogens (primary N) is 4. The number of carbonyl (C=O) groups excluding carboxylic acids is 1. The Hall–Kier alpha value is -1.45. The van der Waals surface area contributed by atoms with Crippen LogP contribution in [-0.2, 0) is 23.7 Å². The summed E-state index contributed by atoms with van der Waals surface area (Å²) in [6.45, 7) is 1.08. The van der Waals surface area contributed by atoms with Crippen molar-refractivity contribution in [3.8, 4) is 0 Å². The molecule has 0 spiro atoms. The highest BCUT2D eigenvalue weighted by atomic mass is 19.3. The summed E-state index contributed by atoms with van der Waals surface area (Å²) in [5.74, 6) is -5.63. The van der Waals surface area contributed by atoms with Crippen LogP contribution >= 0.6 is 0 Å². The number of halogens is 2. The van der Waals surface area contributed by atoms with Crippen LogP contribution in [-0.4, -0.2) is 139 Å². The average Bonchev–Trinajstić information content (AvgIpc) is 2.98. The van der Waals surface area contributed by atoms with E-state index in [1.165, 1.54) is 14.0 Å². The topological polar surface area (TPSA) is 263 Å². The average molecular weight is 641 g/mol. The number of nitrogens with one attached hydrogen (secondary N) is 2. The maximum absolute atomic E-state index is 14.1. The van der Waals surface area contributed by atoms with Gasteiger partial charge in [-0.3, -0.25) is 4.79 Å². The van der Waals surface area contributed by atoms with Crippen LogP contribution in [0.1, 0.15) is 32.6 Å². The molecule has 0 bridgehead atoms. The first-order valence-corrected chi connectivity index (χ1v) is 14.9. The molecule has 0 radical (unpaired) electrons. The summed E-state index contributed by atoms with van der Waals surface area (Å²) < 4.78 is 51.9. The minimum Gasteiger partial charge on any atom is -0.467 e. The van der Waals surface area contributed by atoms with Crippen LogP contribution < -0.4 is 33.6 Å². The Morgan fingerprint density at radius 1 is 1.20 bits per heavy atom. The van der Waals surface area contributed by atoms with Gasteiger partial charge >= 0.3 is 0 Å². The molecule has 17 heteroatoms. The number of aliphatic hydroxyl groups excluding tert-OH is 3. The van der Waals surface area contributed by atoms with Crippen molar-refractivity contribution >= 4 is 5.78 Å². The minimum absolute atomic E-state index is 0.0629. The highest BCUT2D eigenvalue weighted by Crippen LogP contribution is 2.37. The zero-order chi connectivity index (χ0) is 32.8. The summed E-state index contributed by atoms with van der Waals surface area (Å²) in [6.07, 6.45) is -8.25. The lowest BCUT2D eigenvalue weighted by Crippen LogP contribution is -2.67. The normalized spacial score (nSPS) is 39.0. The number of likely N-dealkylation sites (N-methyl/N-ethyl adjacent to an activating group) is 1. The molecular formula is C27H50F2N6O9. The number of hydrogen-bond acceptors (Lipinski definition) is 15. The molecule has 0 aromatic heterocycles.